The highest BCUT2D eigenvalue weighted by Gasteiger charge is 2.38. The average Bonchev–Trinajstić information content (AvgIpc) is 2.98. The van der Waals surface area contributed by atoms with Crippen LogP contribution in [0, 0.1) is 12.8 Å². The maximum atomic E-state index is 12.9. The topological polar surface area (TPSA) is 69.7 Å². The summed E-state index contributed by atoms with van der Waals surface area (Å²) in [5.41, 5.74) is 2.68. The molecule has 0 bridgehead atoms. The number of hydrogen-bond acceptors (Lipinski definition) is 4. The number of nitrogens with one attached hydrogen (secondary N) is 1. The van der Waals surface area contributed by atoms with E-state index in [0.29, 0.717) is 22.9 Å². The number of aryl methyl sites for hydroxylation is 1. The number of anilines is 2. The number of likely N-dealkylation sites (tertiary alicyclic amines) is 1. The molecule has 0 radical (unpaired) electrons. The Bertz CT molecular complexity index is 1050. The van der Waals surface area contributed by atoms with Crippen molar-refractivity contribution in [1.29, 1.82) is 0 Å². The fourth-order valence-corrected chi connectivity index (χ4v) is 3.99. The number of carbonyl (C=O) groups excluding carboxylic acids is 3. The molecule has 2 aromatic rings. The minimum Gasteiger partial charge on any atom is -0.350 e. The van der Waals surface area contributed by atoms with Gasteiger partial charge in [0.15, 0.2) is 0 Å². The van der Waals surface area contributed by atoms with Crippen molar-refractivity contribution in [3.05, 3.63) is 70.4 Å². The molecule has 2 heterocycles. The van der Waals surface area contributed by atoms with Crippen LogP contribution in [0.4, 0.5) is 11.4 Å². The van der Waals surface area contributed by atoms with Gasteiger partial charge in [-0.25, -0.2) is 4.90 Å². The number of rotatable bonds is 4. The van der Waals surface area contributed by atoms with Crippen molar-refractivity contribution in [3.8, 4) is 0 Å². The van der Waals surface area contributed by atoms with Gasteiger partial charge in [-0.15, -0.1) is 0 Å². The van der Waals surface area contributed by atoms with Crippen molar-refractivity contribution in [1.82, 2.24) is 4.90 Å². The van der Waals surface area contributed by atoms with Gasteiger partial charge in [-0.05, 0) is 62.1 Å². The molecule has 6 nitrogen and oxygen atoms in total. The van der Waals surface area contributed by atoms with Crippen LogP contribution in [0.3, 0.4) is 0 Å². The fourth-order valence-electron chi connectivity index (χ4n) is 3.77. The Morgan fingerprint density at radius 3 is 2.19 bits per heavy atom. The van der Waals surface area contributed by atoms with E-state index >= 15 is 0 Å². The fraction of sp³-hybridized carbons (Fsp3) is 0.292. The second kappa shape index (κ2) is 8.55. The van der Waals surface area contributed by atoms with Gasteiger partial charge in [0.25, 0.3) is 17.7 Å². The molecule has 31 heavy (non-hydrogen) atoms. The molecule has 0 aliphatic carbocycles. The molecule has 2 aliphatic heterocycles. The zero-order chi connectivity index (χ0) is 22.1. The summed E-state index contributed by atoms with van der Waals surface area (Å²) in [5, 5.41) is 2.79. The number of hydrogen-bond donors (Lipinski definition) is 1. The highest BCUT2D eigenvalue weighted by molar-refractivity contribution is 6.53. The highest BCUT2D eigenvalue weighted by Crippen LogP contribution is 2.30. The standard InChI is InChI=1S/C24H24ClN3O3/c1-15-3-9-19(10-4-15)28-23(30)20(25)21(24(28)31)26-18-7-5-17(6-8-18)22(29)27-13-11-16(2)12-14-27/h3-10,16,26H,11-14H2,1-2H3. The van der Waals surface area contributed by atoms with Gasteiger partial charge >= 0.3 is 0 Å². The van der Waals surface area contributed by atoms with E-state index in [0.717, 1.165) is 36.4 Å². The normalized spacial score (nSPS) is 17.5. The number of carbonyl (C=O) groups is 3. The predicted molar refractivity (Wildman–Crippen MR) is 121 cm³/mol. The van der Waals surface area contributed by atoms with Gasteiger partial charge in [-0.1, -0.05) is 36.2 Å². The molecular formula is C24H24ClN3O3. The SMILES string of the molecule is Cc1ccc(N2C(=O)C(Cl)=C(Nc3ccc(C(=O)N4CCC(C)CC4)cc3)C2=O)cc1. The van der Waals surface area contributed by atoms with Gasteiger partial charge in [-0.3, -0.25) is 14.4 Å². The molecule has 1 fully saturated rings. The molecule has 2 aliphatic rings. The molecule has 1 N–H and O–H groups in total. The molecule has 0 aromatic heterocycles. The number of nitrogens with zero attached hydrogens (tertiary/aromatic N) is 2. The Kier molecular flexibility index (Phi) is 5.83. The van der Waals surface area contributed by atoms with E-state index in [2.05, 4.69) is 12.2 Å². The summed E-state index contributed by atoms with van der Waals surface area (Å²) < 4.78 is 0. The second-order valence-corrected chi connectivity index (χ2v) is 8.53. The first-order valence-electron chi connectivity index (χ1n) is 10.4. The lowest BCUT2D eigenvalue weighted by molar-refractivity contribution is -0.120. The van der Waals surface area contributed by atoms with E-state index in [4.69, 9.17) is 11.6 Å². The van der Waals surface area contributed by atoms with Gasteiger partial charge in [0.2, 0.25) is 0 Å². The van der Waals surface area contributed by atoms with Gasteiger partial charge in [0, 0.05) is 24.3 Å². The second-order valence-electron chi connectivity index (χ2n) is 8.15. The quantitative estimate of drug-likeness (QED) is 0.724. The van der Waals surface area contributed by atoms with Crippen molar-refractivity contribution in [2.45, 2.75) is 26.7 Å². The highest BCUT2D eigenvalue weighted by atomic mass is 35.5. The molecule has 0 spiro atoms. The lowest BCUT2D eigenvalue weighted by atomic mass is 9.98. The van der Waals surface area contributed by atoms with Crippen LogP contribution in [0.2, 0.25) is 0 Å². The lowest BCUT2D eigenvalue weighted by Crippen LogP contribution is -2.37. The Hall–Kier alpha value is -3.12. The third kappa shape index (κ3) is 4.21. The number of piperidine rings is 1. The summed E-state index contributed by atoms with van der Waals surface area (Å²) in [6.07, 6.45) is 2.04. The maximum Gasteiger partial charge on any atom is 0.283 e. The molecule has 0 unspecified atom stereocenters. The third-order valence-corrected chi connectivity index (χ3v) is 6.14. The van der Waals surface area contributed by atoms with E-state index in [-0.39, 0.29) is 16.6 Å². The zero-order valence-corrected chi connectivity index (χ0v) is 18.3. The first kappa shape index (κ1) is 21.1. The summed E-state index contributed by atoms with van der Waals surface area (Å²) >= 11 is 6.19. The third-order valence-electron chi connectivity index (χ3n) is 5.79. The summed E-state index contributed by atoms with van der Waals surface area (Å²) in [4.78, 5) is 41.1. The number of benzene rings is 2. The van der Waals surface area contributed by atoms with Crippen LogP contribution in [-0.4, -0.2) is 35.7 Å². The van der Waals surface area contributed by atoms with Gasteiger partial charge in [-0.2, -0.15) is 0 Å². The van der Waals surface area contributed by atoms with Crippen molar-refractivity contribution < 1.29 is 14.4 Å². The van der Waals surface area contributed by atoms with E-state index in [1.165, 1.54) is 0 Å². The summed E-state index contributed by atoms with van der Waals surface area (Å²) in [6.45, 7) is 5.68. The average molecular weight is 438 g/mol. The first-order chi connectivity index (χ1) is 14.8. The molecule has 4 rings (SSSR count). The van der Waals surface area contributed by atoms with E-state index in [1.807, 2.05) is 24.0 Å². The Labute approximate surface area is 186 Å². The van der Waals surface area contributed by atoms with Crippen molar-refractivity contribution in [3.63, 3.8) is 0 Å². The van der Waals surface area contributed by atoms with E-state index < -0.39 is 11.8 Å². The van der Waals surface area contributed by atoms with Crippen LogP contribution in [0.5, 0.6) is 0 Å². The predicted octanol–water partition coefficient (Wildman–Crippen LogP) is 4.30. The van der Waals surface area contributed by atoms with Gasteiger partial charge < -0.3 is 10.2 Å². The van der Waals surface area contributed by atoms with Crippen molar-refractivity contribution in [2.75, 3.05) is 23.3 Å². The molecule has 2 aromatic carbocycles. The minimum atomic E-state index is -0.566. The number of imide groups is 1. The number of amides is 3. The van der Waals surface area contributed by atoms with Crippen LogP contribution in [0.1, 0.15) is 35.7 Å². The lowest BCUT2D eigenvalue weighted by Gasteiger charge is -2.30. The van der Waals surface area contributed by atoms with Crippen LogP contribution < -0.4 is 10.2 Å². The first-order valence-corrected chi connectivity index (χ1v) is 10.7. The van der Waals surface area contributed by atoms with Crippen LogP contribution in [-0.2, 0) is 9.59 Å². The molecule has 160 valence electrons. The summed E-state index contributed by atoms with van der Waals surface area (Å²) in [7, 11) is 0. The summed E-state index contributed by atoms with van der Waals surface area (Å²) in [5.74, 6) is -0.418. The van der Waals surface area contributed by atoms with Crippen molar-refractivity contribution >= 4 is 40.7 Å². The maximum absolute atomic E-state index is 12.9. The molecule has 7 heteroatoms. The van der Waals surface area contributed by atoms with Crippen LogP contribution in [0.15, 0.2) is 59.3 Å². The smallest absolute Gasteiger partial charge is 0.283 e. The largest absolute Gasteiger partial charge is 0.350 e. The Balaban J connectivity index is 1.47. The van der Waals surface area contributed by atoms with E-state index in [1.54, 1.807) is 36.4 Å². The summed E-state index contributed by atoms with van der Waals surface area (Å²) in [6, 6.07) is 13.9. The molecule has 0 saturated carbocycles. The van der Waals surface area contributed by atoms with Crippen LogP contribution in [0.25, 0.3) is 0 Å². The van der Waals surface area contributed by atoms with Gasteiger partial charge in [0.1, 0.15) is 10.7 Å². The minimum absolute atomic E-state index is 0.00775. The van der Waals surface area contributed by atoms with Crippen LogP contribution >= 0.6 is 11.6 Å². The number of halogens is 1. The van der Waals surface area contributed by atoms with Gasteiger partial charge in [0.05, 0.1) is 5.69 Å². The molecular weight excluding hydrogens is 414 g/mol. The monoisotopic (exact) mass is 437 g/mol. The molecule has 3 amide bonds. The molecule has 1 saturated heterocycles. The van der Waals surface area contributed by atoms with E-state index in [9.17, 15) is 14.4 Å². The molecule has 0 atom stereocenters. The Morgan fingerprint density at radius 1 is 0.968 bits per heavy atom. The van der Waals surface area contributed by atoms with Crippen molar-refractivity contribution in [2.24, 2.45) is 5.92 Å². The zero-order valence-electron chi connectivity index (χ0n) is 17.5. The Morgan fingerprint density at radius 2 is 1.58 bits per heavy atom.